The minimum absolute atomic E-state index is 0.162. The van der Waals surface area contributed by atoms with E-state index in [1.807, 2.05) is 0 Å². The van der Waals surface area contributed by atoms with E-state index in [0.29, 0.717) is 26.2 Å². The van der Waals surface area contributed by atoms with Gasteiger partial charge in [0.05, 0.1) is 42.5 Å². The molecule has 146 valence electrons. The molecular weight excluding hydrogens is 374 g/mol. The predicted molar refractivity (Wildman–Crippen MR) is 99.0 cm³/mol. The summed E-state index contributed by atoms with van der Waals surface area (Å²) in [6.07, 6.45) is 2.80. The molecule has 9 heteroatoms. The second kappa shape index (κ2) is 7.93. The summed E-state index contributed by atoms with van der Waals surface area (Å²) in [5.41, 5.74) is 0. The number of nitrogens with one attached hydrogen (secondary N) is 1. The maximum absolute atomic E-state index is 12.8. The minimum atomic E-state index is -3.57. The third kappa shape index (κ3) is 3.96. The van der Waals surface area contributed by atoms with Crippen molar-refractivity contribution in [2.24, 2.45) is 0 Å². The van der Waals surface area contributed by atoms with Crippen LogP contribution in [0.3, 0.4) is 0 Å². The highest BCUT2D eigenvalue weighted by Gasteiger charge is 2.31. The Labute approximate surface area is 156 Å². The van der Waals surface area contributed by atoms with Crippen molar-refractivity contribution < 1.29 is 21.7 Å². The van der Waals surface area contributed by atoms with Crippen LogP contribution in [0.1, 0.15) is 26.2 Å². The second-order valence-electron chi connectivity index (χ2n) is 6.94. The molecule has 0 saturated carbocycles. The zero-order valence-corrected chi connectivity index (χ0v) is 16.9. The maximum atomic E-state index is 12.8. The molecule has 7 nitrogen and oxygen atoms in total. The van der Waals surface area contributed by atoms with Gasteiger partial charge in [0.1, 0.15) is 0 Å². The Morgan fingerprint density at radius 2 is 1.19 bits per heavy atom. The van der Waals surface area contributed by atoms with Gasteiger partial charge in [-0.25, -0.2) is 16.8 Å². The average molecular weight is 403 g/mol. The predicted octanol–water partition coefficient (Wildman–Crippen LogP) is -0.230. The fourth-order valence-electron chi connectivity index (χ4n) is 3.58. The second-order valence-corrected chi connectivity index (χ2v) is 10.8. The van der Waals surface area contributed by atoms with Gasteiger partial charge in [-0.3, -0.25) is 0 Å². The van der Waals surface area contributed by atoms with Crippen LogP contribution in [0.2, 0.25) is 0 Å². The molecule has 26 heavy (non-hydrogen) atoms. The lowest BCUT2D eigenvalue weighted by Crippen LogP contribution is -3.14. The standard InChI is InChI=1S/C17H27N3O4S2/c1-2-18-12-14-20(15-13-18)26(23,24)17-8-6-16(7-9-17)25(21,22)19-10-4-3-5-11-19/h6-9H,2-5,10-15H2,1H3/p+1. The largest absolute Gasteiger partial charge is 0.333 e. The van der Waals surface area contributed by atoms with Gasteiger partial charge in [0, 0.05) is 13.1 Å². The van der Waals surface area contributed by atoms with E-state index >= 15 is 0 Å². The molecule has 0 bridgehead atoms. The molecule has 0 aliphatic carbocycles. The highest BCUT2D eigenvalue weighted by atomic mass is 32.2. The SMILES string of the molecule is CC[NH+]1CCN(S(=O)(=O)c2ccc(S(=O)(=O)N3CCCCC3)cc2)CC1. The maximum Gasteiger partial charge on any atom is 0.243 e. The quantitative estimate of drug-likeness (QED) is 0.738. The summed E-state index contributed by atoms with van der Waals surface area (Å²) in [4.78, 5) is 1.73. The number of hydrogen-bond donors (Lipinski definition) is 1. The van der Waals surface area contributed by atoms with Gasteiger partial charge in [-0.2, -0.15) is 8.61 Å². The lowest BCUT2D eigenvalue weighted by molar-refractivity contribution is -0.901. The van der Waals surface area contributed by atoms with Crippen molar-refractivity contribution in [2.75, 3.05) is 45.8 Å². The fourth-order valence-corrected chi connectivity index (χ4v) is 6.54. The van der Waals surface area contributed by atoms with E-state index in [1.165, 1.54) is 37.8 Å². The van der Waals surface area contributed by atoms with Gasteiger partial charge in [-0.05, 0) is 44.0 Å². The average Bonchev–Trinajstić information content (AvgIpc) is 2.69. The molecule has 1 N–H and O–H groups in total. The first-order valence-electron chi connectivity index (χ1n) is 9.29. The Bertz CT molecular complexity index is 808. The smallest absolute Gasteiger partial charge is 0.243 e. The number of nitrogens with zero attached hydrogens (tertiary/aromatic N) is 2. The Morgan fingerprint density at radius 1 is 0.769 bits per heavy atom. The number of hydrogen-bond acceptors (Lipinski definition) is 4. The molecule has 0 unspecified atom stereocenters. The lowest BCUT2D eigenvalue weighted by atomic mass is 10.2. The highest BCUT2D eigenvalue weighted by Crippen LogP contribution is 2.23. The molecule has 0 atom stereocenters. The molecule has 2 fully saturated rings. The first-order valence-corrected chi connectivity index (χ1v) is 12.2. The Morgan fingerprint density at radius 3 is 1.62 bits per heavy atom. The Balaban J connectivity index is 1.76. The topological polar surface area (TPSA) is 79.2 Å². The number of rotatable bonds is 5. The van der Waals surface area contributed by atoms with Crippen LogP contribution in [0.25, 0.3) is 0 Å². The van der Waals surface area contributed by atoms with Crippen LogP contribution in [0.15, 0.2) is 34.1 Å². The van der Waals surface area contributed by atoms with Gasteiger partial charge in [0.25, 0.3) is 0 Å². The van der Waals surface area contributed by atoms with Crippen molar-refractivity contribution in [3.63, 3.8) is 0 Å². The Kier molecular flexibility index (Phi) is 6.03. The number of piperazine rings is 1. The lowest BCUT2D eigenvalue weighted by Gasteiger charge is -2.31. The number of quaternary nitrogens is 1. The first kappa shape index (κ1) is 19.8. The molecule has 0 amide bonds. The van der Waals surface area contributed by atoms with Gasteiger partial charge < -0.3 is 4.90 Å². The number of sulfonamides is 2. The van der Waals surface area contributed by atoms with Crippen LogP contribution in [-0.4, -0.2) is 71.3 Å². The summed E-state index contributed by atoms with van der Waals surface area (Å²) in [5, 5.41) is 0. The summed E-state index contributed by atoms with van der Waals surface area (Å²) in [5.74, 6) is 0. The van der Waals surface area contributed by atoms with Gasteiger partial charge in [-0.15, -0.1) is 0 Å². The molecule has 0 radical (unpaired) electrons. The molecular formula is C17H28N3O4S2+. The molecule has 2 aliphatic rings. The third-order valence-corrected chi connectivity index (χ3v) is 9.17. The van der Waals surface area contributed by atoms with Crippen molar-refractivity contribution >= 4 is 20.0 Å². The summed E-state index contributed by atoms with van der Waals surface area (Å²) in [6.45, 7) is 6.77. The number of piperidine rings is 1. The van der Waals surface area contributed by atoms with E-state index in [-0.39, 0.29) is 9.79 Å². The number of benzene rings is 1. The highest BCUT2D eigenvalue weighted by molar-refractivity contribution is 7.89. The van der Waals surface area contributed by atoms with Crippen LogP contribution in [0.5, 0.6) is 0 Å². The molecule has 3 rings (SSSR count). The normalized spacial score (nSPS) is 21.7. The van der Waals surface area contributed by atoms with Crippen molar-refractivity contribution in [2.45, 2.75) is 36.0 Å². The summed E-state index contributed by atoms with van der Waals surface area (Å²) in [6, 6.07) is 5.69. The fraction of sp³-hybridized carbons (Fsp3) is 0.647. The van der Waals surface area contributed by atoms with Crippen molar-refractivity contribution in [1.82, 2.24) is 8.61 Å². The van der Waals surface area contributed by atoms with Crippen LogP contribution >= 0.6 is 0 Å². The molecule has 0 spiro atoms. The van der Waals surface area contributed by atoms with Crippen molar-refractivity contribution in [1.29, 1.82) is 0 Å². The monoisotopic (exact) mass is 402 g/mol. The van der Waals surface area contributed by atoms with Gasteiger partial charge in [0.2, 0.25) is 20.0 Å². The first-order chi connectivity index (χ1) is 12.4. The van der Waals surface area contributed by atoms with Gasteiger partial charge in [0.15, 0.2) is 0 Å². The molecule has 2 aliphatic heterocycles. The molecule has 1 aromatic rings. The van der Waals surface area contributed by atoms with E-state index in [1.54, 1.807) is 0 Å². The molecule has 2 saturated heterocycles. The van der Waals surface area contributed by atoms with Crippen LogP contribution in [-0.2, 0) is 20.0 Å². The molecule has 1 aromatic carbocycles. The third-order valence-electron chi connectivity index (χ3n) is 5.34. The van der Waals surface area contributed by atoms with E-state index in [4.69, 9.17) is 0 Å². The Hall–Kier alpha value is -1.00. The number of likely N-dealkylation sites (N-methyl/N-ethyl adjacent to an activating group) is 1. The minimum Gasteiger partial charge on any atom is -0.333 e. The summed E-state index contributed by atoms with van der Waals surface area (Å²) >= 11 is 0. The van der Waals surface area contributed by atoms with Gasteiger partial charge in [-0.1, -0.05) is 6.42 Å². The van der Waals surface area contributed by atoms with Crippen molar-refractivity contribution in [3.8, 4) is 0 Å². The van der Waals surface area contributed by atoms with E-state index < -0.39 is 20.0 Å². The van der Waals surface area contributed by atoms with E-state index in [9.17, 15) is 16.8 Å². The molecule has 0 aromatic heterocycles. The van der Waals surface area contributed by atoms with E-state index in [0.717, 1.165) is 38.9 Å². The zero-order valence-electron chi connectivity index (χ0n) is 15.2. The molecule has 2 heterocycles. The van der Waals surface area contributed by atoms with Crippen LogP contribution in [0, 0.1) is 0 Å². The van der Waals surface area contributed by atoms with Crippen LogP contribution in [0.4, 0.5) is 0 Å². The van der Waals surface area contributed by atoms with Crippen LogP contribution < -0.4 is 4.90 Å². The van der Waals surface area contributed by atoms with Gasteiger partial charge >= 0.3 is 0 Å². The summed E-state index contributed by atoms with van der Waals surface area (Å²) < 4.78 is 54.0. The summed E-state index contributed by atoms with van der Waals surface area (Å²) in [7, 11) is -7.11. The van der Waals surface area contributed by atoms with Crippen molar-refractivity contribution in [3.05, 3.63) is 24.3 Å². The van der Waals surface area contributed by atoms with E-state index in [2.05, 4.69) is 6.92 Å². The zero-order chi connectivity index (χ0) is 18.8.